The fraction of sp³-hybridized carbons (Fsp3) is 0.391. The molecule has 5 heteroatoms. The molecule has 2 aromatic rings. The standard InChI is InChI=1S/C23H30N2O3/c1-23(2,3)25(24-22(27)19-15-9-10-16-20(19)28-4)21(26)17-11-8-14-18-12-6-5-7-13-18/h5-7,9-10,12-13,15-16H,8,11,14,17H2,1-4H3,(H,24,27). The third kappa shape index (κ3) is 6.12. The molecule has 150 valence electrons. The van der Waals surface area contributed by atoms with Crippen LogP contribution in [-0.2, 0) is 11.2 Å². The van der Waals surface area contributed by atoms with E-state index >= 15 is 0 Å². The van der Waals surface area contributed by atoms with Gasteiger partial charge in [0, 0.05) is 6.42 Å². The number of nitrogens with zero attached hydrogens (tertiary/aromatic N) is 1. The molecule has 28 heavy (non-hydrogen) atoms. The lowest BCUT2D eigenvalue weighted by Gasteiger charge is -2.35. The molecular formula is C23H30N2O3. The summed E-state index contributed by atoms with van der Waals surface area (Å²) in [7, 11) is 1.52. The van der Waals surface area contributed by atoms with E-state index in [-0.39, 0.29) is 11.8 Å². The zero-order valence-electron chi connectivity index (χ0n) is 17.2. The van der Waals surface area contributed by atoms with Gasteiger partial charge in [0.05, 0.1) is 18.2 Å². The number of nitrogens with one attached hydrogen (secondary N) is 1. The number of hydrogen-bond acceptors (Lipinski definition) is 3. The fourth-order valence-electron chi connectivity index (χ4n) is 2.96. The zero-order chi connectivity index (χ0) is 20.6. The van der Waals surface area contributed by atoms with Crippen molar-refractivity contribution >= 4 is 11.8 Å². The highest BCUT2D eigenvalue weighted by Gasteiger charge is 2.28. The maximum atomic E-state index is 12.8. The zero-order valence-corrected chi connectivity index (χ0v) is 17.2. The Balaban J connectivity index is 1.96. The Labute approximate surface area is 167 Å². The summed E-state index contributed by atoms with van der Waals surface area (Å²) in [5.74, 6) is 0.0259. The van der Waals surface area contributed by atoms with Crippen LogP contribution in [0.1, 0.15) is 56.0 Å². The number of carbonyl (C=O) groups is 2. The Kier molecular flexibility index (Phi) is 7.61. The van der Waals surface area contributed by atoms with Gasteiger partial charge in [-0.25, -0.2) is 5.01 Å². The van der Waals surface area contributed by atoms with Crippen LogP contribution in [0.5, 0.6) is 5.75 Å². The maximum absolute atomic E-state index is 12.8. The molecule has 0 aliphatic rings. The first-order valence-electron chi connectivity index (χ1n) is 9.64. The Morgan fingerprint density at radius 3 is 2.25 bits per heavy atom. The highest BCUT2D eigenvalue weighted by atomic mass is 16.5. The van der Waals surface area contributed by atoms with Gasteiger partial charge in [-0.05, 0) is 57.7 Å². The van der Waals surface area contributed by atoms with Crippen LogP contribution in [0.3, 0.4) is 0 Å². The summed E-state index contributed by atoms with van der Waals surface area (Å²) in [6.45, 7) is 5.70. The highest BCUT2D eigenvalue weighted by molar-refractivity contribution is 5.98. The predicted molar refractivity (Wildman–Crippen MR) is 111 cm³/mol. The van der Waals surface area contributed by atoms with Crippen LogP contribution in [0.2, 0.25) is 0 Å². The molecular weight excluding hydrogens is 352 g/mol. The third-order valence-electron chi connectivity index (χ3n) is 4.43. The van der Waals surface area contributed by atoms with Crippen molar-refractivity contribution in [1.29, 1.82) is 0 Å². The number of para-hydroxylation sites is 1. The van der Waals surface area contributed by atoms with Crippen molar-refractivity contribution in [2.75, 3.05) is 7.11 Å². The number of unbranched alkanes of at least 4 members (excludes halogenated alkanes) is 1. The molecule has 0 fully saturated rings. The largest absolute Gasteiger partial charge is 0.496 e. The molecule has 2 amide bonds. The molecule has 0 saturated heterocycles. The van der Waals surface area contributed by atoms with Gasteiger partial charge >= 0.3 is 0 Å². The second-order valence-electron chi connectivity index (χ2n) is 7.73. The van der Waals surface area contributed by atoms with Gasteiger partial charge < -0.3 is 4.74 Å². The quantitative estimate of drug-likeness (QED) is 0.571. The minimum Gasteiger partial charge on any atom is -0.496 e. The number of rotatable bonds is 7. The molecule has 0 atom stereocenters. The lowest BCUT2D eigenvalue weighted by atomic mass is 10.0. The number of hydrazine groups is 1. The molecule has 0 radical (unpaired) electrons. The fourth-order valence-corrected chi connectivity index (χ4v) is 2.96. The van der Waals surface area contributed by atoms with E-state index in [4.69, 9.17) is 4.74 Å². The van der Waals surface area contributed by atoms with Gasteiger partial charge in [0.15, 0.2) is 0 Å². The Bertz CT molecular complexity index is 782. The smallest absolute Gasteiger partial charge is 0.273 e. The van der Waals surface area contributed by atoms with Gasteiger partial charge in [-0.3, -0.25) is 15.0 Å². The van der Waals surface area contributed by atoms with Crippen molar-refractivity contribution < 1.29 is 14.3 Å². The molecule has 2 aromatic carbocycles. The number of aryl methyl sites for hydroxylation is 1. The van der Waals surface area contributed by atoms with Crippen LogP contribution in [-0.4, -0.2) is 29.5 Å². The summed E-state index contributed by atoms with van der Waals surface area (Å²) < 4.78 is 5.25. The molecule has 0 aromatic heterocycles. The van der Waals surface area contributed by atoms with Crippen molar-refractivity contribution in [3.8, 4) is 5.75 Å². The van der Waals surface area contributed by atoms with E-state index in [9.17, 15) is 9.59 Å². The minimum absolute atomic E-state index is 0.0937. The Hall–Kier alpha value is -2.82. The number of amides is 2. The molecule has 0 unspecified atom stereocenters. The molecule has 5 nitrogen and oxygen atoms in total. The molecule has 1 N–H and O–H groups in total. The second kappa shape index (κ2) is 9.93. The monoisotopic (exact) mass is 382 g/mol. The average molecular weight is 383 g/mol. The summed E-state index contributed by atoms with van der Waals surface area (Å²) in [6.07, 6.45) is 3.02. The van der Waals surface area contributed by atoms with Crippen molar-refractivity contribution in [2.24, 2.45) is 0 Å². The van der Waals surface area contributed by atoms with E-state index in [0.717, 1.165) is 19.3 Å². The molecule has 0 aliphatic carbocycles. The summed E-state index contributed by atoms with van der Waals surface area (Å²) in [6, 6.07) is 17.2. The van der Waals surface area contributed by atoms with Gasteiger partial charge in [-0.2, -0.15) is 0 Å². The average Bonchev–Trinajstić information content (AvgIpc) is 2.69. The van der Waals surface area contributed by atoms with Crippen LogP contribution < -0.4 is 10.2 Å². The van der Waals surface area contributed by atoms with E-state index in [1.165, 1.54) is 17.7 Å². The van der Waals surface area contributed by atoms with E-state index in [2.05, 4.69) is 17.6 Å². The van der Waals surface area contributed by atoms with Gasteiger partial charge in [0.2, 0.25) is 5.91 Å². The van der Waals surface area contributed by atoms with E-state index in [0.29, 0.717) is 17.7 Å². The number of methoxy groups -OCH3 is 1. The summed E-state index contributed by atoms with van der Waals surface area (Å²) in [5.41, 5.74) is 3.91. The number of carbonyl (C=O) groups excluding carboxylic acids is 2. The van der Waals surface area contributed by atoms with Gasteiger partial charge in [0.25, 0.3) is 5.91 Å². The van der Waals surface area contributed by atoms with Crippen LogP contribution >= 0.6 is 0 Å². The predicted octanol–water partition coefficient (Wildman–Crippen LogP) is 4.38. The Morgan fingerprint density at radius 1 is 0.964 bits per heavy atom. The third-order valence-corrected chi connectivity index (χ3v) is 4.43. The molecule has 0 bridgehead atoms. The molecule has 0 spiro atoms. The van der Waals surface area contributed by atoms with Crippen molar-refractivity contribution in [3.05, 3.63) is 65.7 Å². The van der Waals surface area contributed by atoms with Crippen LogP contribution in [0.15, 0.2) is 54.6 Å². The number of ether oxygens (including phenoxy) is 1. The summed E-state index contributed by atoms with van der Waals surface area (Å²) >= 11 is 0. The highest BCUT2D eigenvalue weighted by Crippen LogP contribution is 2.19. The first-order chi connectivity index (χ1) is 13.3. The van der Waals surface area contributed by atoms with Crippen molar-refractivity contribution in [3.63, 3.8) is 0 Å². The molecule has 2 rings (SSSR count). The lowest BCUT2D eigenvalue weighted by molar-refractivity contribution is -0.139. The second-order valence-corrected chi connectivity index (χ2v) is 7.73. The maximum Gasteiger partial charge on any atom is 0.273 e. The van der Waals surface area contributed by atoms with E-state index < -0.39 is 5.54 Å². The van der Waals surface area contributed by atoms with Crippen LogP contribution in [0.25, 0.3) is 0 Å². The van der Waals surface area contributed by atoms with Gasteiger partial charge in [0.1, 0.15) is 5.75 Å². The number of hydrogen-bond donors (Lipinski definition) is 1. The van der Waals surface area contributed by atoms with Gasteiger partial charge in [-0.15, -0.1) is 0 Å². The van der Waals surface area contributed by atoms with Gasteiger partial charge in [-0.1, -0.05) is 42.5 Å². The molecule has 0 aliphatic heterocycles. The Morgan fingerprint density at radius 2 is 1.61 bits per heavy atom. The normalized spacial score (nSPS) is 11.0. The summed E-state index contributed by atoms with van der Waals surface area (Å²) in [4.78, 5) is 25.5. The summed E-state index contributed by atoms with van der Waals surface area (Å²) in [5, 5.41) is 1.43. The first-order valence-corrected chi connectivity index (χ1v) is 9.64. The van der Waals surface area contributed by atoms with Crippen molar-refractivity contribution in [2.45, 2.75) is 52.0 Å². The minimum atomic E-state index is -0.534. The molecule has 0 heterocycles. The van der Waals surface area contributed by atoms with Crippen molar-refractivity contribution in [1.82, 2.24) is 10.4 Å². The van der Waals surface area contributed by atoms with Crippen LogP contribution in [0, 0.1) is 0 Å². The van der Waals surface area contributed by atoms with Crippen LogP contribution in [0.4, 0.5) is 0 Å². The topological polar surface area (TPSA) is 58.6 Å². The SMILES string of the molecule is COc1ccccc1C(=O)NN(C(=O)CCCCc1ccccc1)C(C)(C)C. The first kappa shape index (κ1) is 21.5. The lowest BCUT2D eigenvalue weighted by Crippen LogP contribution is -2.55. The molecule has 0 saturated carbocycles. The van der Waals surface area contributed by atoms with E-state index in [1.54, 1.807) is 24.3 Å². The number of benzene rings is 2. The van der Waals surface area contributed by atoms with E-state index in [1.807, 2.05) is 39.0 Å².